The van der Waals surface area contributed by atoms with E-state index < -0.39 is 0 Å². The summed E-state index contributed by atoms with van der Waals surface area (Å²) in [4.78, 5) is 21.1. The second kappa shape index (κ2) is 10.5. The predicted octanol–water partition coefficient (Wildman–Crippen LogP) is 5.17. The number of benzene rings is 2. The number of carbonyl (C=O) groups is 1. The number of para-hydroxylation sites is 2. The molecule has 34 heavy (non-hydrogen) atoms. The molecule has 2 aromatic heterocycles. The van der Waals surface area contributed by atoms with E-state index >= 15 is 0 Å². The lowest BCUT2D eigenvalue weighted by molar-refractivity contribution is 0.0952. The van der Waals surface area contributed by atoms with Gasteiger partial charge in [0.2, 0.25) is 0 Å². The molecule has 2 aromatic carbocycles. The molecule has 0 aliphatic heterocycles. The van der Waals surface area contributed by atoms with E-state index in [-0.39, 0.29) is 11.3 Å². The monoisotopic (exact) mass is 456 g/mol. The Morgan fingerprint density at radius 3 is 2.56 bits per heavy atom. The van der Waals surface area contributed by atoms with Crippen LogP contribution in [0.2, 0.25) is 0 Å². The van der Waals surface area contributed by atoms with Crippen molar-refractivity contribution in [1.29, 1.82) is 0 Å². The van der Waals surface area contributed by atoms with Crippen LogP contribution in [0.15, 0.2) is 73.1 Å². The first-order chi connectivity index (χ1) is 16.4. The lowest BCUT2D eigenvalue weighted by Crippen LogP contribution is -2.25. The lowest BCUT2D eigenvalue weighted by atomic mass is 9.87. The Bertz CT molecular complexity index is 1220. The van der Waals surface area contributed by atoms with E-state index in [2.05, 4.69) is 53.8 Å². The lowest BCUT2D eigenvalue weighted by Gasteiger charge is -2.19. The Morgan fingerprint density at radius 1 is 1.03 bits per heavy atom. The fraction of sp³-hybridized carbons (Fsp3) is 0.321. The van der Waals surface area contributed by atoms with Crippen LogP contribution in [-0.2, 0) is 18.4 Å². The molecule has 1 N–H and O–H groups in total. The van der Waals surface area contributed by atoms with Crippen molar-refractivity contribution in [2.75, 3.05) is 13.2 Å². The Morgan fingerprint density at radius 2 is 1.82 bits per heavy atom. The number of ether oxygens (including phenoxy) is 1. The zero-order valence-corrected chi connectivity index (χ0v) is 20.1. The molecule has 4 aromatic rings. The van der Waals surface area contributed by atoms with Crippen molar-refractivity contribution < 1.29 is 9.53 Å². The maximum atomic E-state index is 12.2. The molecular formula is C28H32N4O2. The Balaban J connectivity index is 1.36. The smallest absolute Gasteiger partial charge is 0.252 e. The number of rotatable bonds is 9. The molecule has 0 saturated heterocycles. The number of nitrogens with one attached hydrogen (secondary N) is 1. The first-order valence-corrected chi connectivity index (χ1v) is 11.8. The molecule has 6 nitrogen and oxygen atoms in total. The van der Waals surface area contributed by atoms with Gasteiger partial charge in [0.05, 0.1) is 23.1 Å². The summed E-state index contributed by atoms with van der Waals surface area (Å²) in [5.41, 5.74) is 4.07. The zero-order chi connectivity index (χ0) is 24.0. The fourth-order valence-corrected chi connectivity index (χ4v) is 3.92. The molecule has 176 valence electrons. The minimum Gasteiger partial charge on any atom is -0.492 e. The normalized spacial score (nSPS) is 11.5. The predicted molar refractivity (Wildman–Crippen MR) is 135 cm³/mol. The molecule has 0 spiro atoms. The third-order valence-electron chi connectivity index (χ3n) is 5.82. The number of aromatic nitrogens is 3. The second-order valence-electron chi connectivity index (χ2n) is 9.39. The van der Waals surface area contributed by atoms with Gasteiger partial charge in [-0.05, 0) is 53.8 Å². The molecule has 0 saturated carbocycles. The van der Waals surface area contributed by atoms with Crippen molar-refractivity contribution in [3.05, 3.63) is 90.0 Å². The van der Waals surface area contributed by atoms with Crippen LogP contribution >= 0.6 is 0 Å². The summed E-state index contributed by atoms with van der Waals surface area (Å²) in [5, 5.41) is 2.96. The van der Waals surface area contributed by atoms with Crippen LogP contribution in [0.3, 0.4) is 0 Å². The standard InChI is InChI=1S/C28H32N4O2/c1-28(2,3)22-12-14-23(15-13-22)34-19-18-32-25-10-5-4-9-24(25)31-26(32)11-7-17-30-27(33)21-8-6-16-29-20-21/h4-6,8-10,12-16,20H,7,11,17-19H2,1-3H3,(H,30,33). The number of imidazole rings is 1. The number of fused-ring (bicyclic) bond motifs is 1. The minimum absolute atomic E-state index is 0.104. The number of amides is 1. The second-order valence-corrected chi connectivity index (χ2v) is 9.39. The van der Waals surface area contributed by atoms with E-state index in [1.807, 2.05) is 30.3 Å². The molecule has 1 amide bonds. The molecule has 0 bridgehead atoms. The highest BCUT2D eigenvalue weighted by Crippen LogP contribution is 2.24. The Labute approximate surface area is 201 Å². The van der Waals surface area contributed by atoms with Crippen LogP contribution in [-0.4, -0.2) is 33.6 Å². The summed E-state index contributed by atoms with van der Waals surface area (Å²) < 4.78 is 8.27. The summed E-state index contributed by atoms with van der Waals surface area (Å²) in [6.45, 7) is 8.46. The fourth-order valence-electron chi connectivity index (χ4n) is 3.92. The van der Waals surface area contributed by atoms with Gasteiger partial charge in [0, 0.05) is 25.4 Å². The van der Waals surface area contributed by atoms with Crippen molar-refractivity contribution in [1.82, 2.24) is 19.9 Å². The number of hydrogen-bond donors (Lipinski definition) is 1. The molecule has 0 radical (unpaired) electrons. The van der Waals surface area contributed by atoms with Gasteiger partial charge in [-0.2, -0.15) is 0 Å². The molecule has 0 atom stereocenters. The quantitative estimate of drug-likeness (QED) is 0.353. The van der Waals surface area contributed by atoms with Crippen molar-refractivity contribution in [3.63, 3.8) is 0 Å². The highest BCUT2D eigenvalue weighted by atomic mass is 16.5. The van der Waals surface area contributed by atoms with Crippen molar-refractivity contribution in [3.8, 4) is 5.75 Å². The van der Waals surface area contributed by atoms with Crippen molar-refractivity contribution in [2.24, 2.45) is 0 Å². The Kier molecular flexibility index (Phi) is 7.26. The summed E-state index contributed by atoms with van der Waals surface area (Å²) in [5.74, 6) is 1.77. The van der Waals surface area contributed by atoms with E-state index in [4.69, 9.17) is 9.72 Å². The van der Waals surface area contributed by atoms with Gasteiger partial charge >= 0.3 is 0 Å². The van der Waals surface area contributed by atoms with Gasteiger partial charge in [-0.15, -0.1) is 0 Å². The van der Waals surface area contributed by atoms with E-state index in [1.54, 1.807) is 24.5 Å². The molecule has 4 rings (SSSR count). The summed E-state index contributed by atoms with van der Waals surface area (Å²) in [6, 6.07) is 20.0. The first-order valence-electron chi connectivity index (χ1n) is 11.8. The molecular weight excluding hydrogens is 424 g/mol. The van der Waals surface area contributed by atoms with Gasteiger partial charge in [-0.1, -0.05) is 45.0 Å². The third kappa shape index (κ3) is 5.81. The number of aryl methyl sites for hydroxylation is 1. The summed E-state index contributed by atoms with van der Waals surface area (Å²) in [6.07, 6.45) is 4.80. The average Bonchev–Trinajstić information content (AvgIpc) is 3.19. The Hall–Kier alpha value is -3.67. The largest absolute Gasteiger partial charge is 0.492 e. The SMILES string of the molecule is CC(C)(C)c1ccc(OCCn2c(CCCNC(=O)c3cccnc3)nc3ccccc32)cc1. The highest BCUT2D eigenvalue weighted by Gasteiger charge is 2.14. The van der Waals surface area contributed by atoms with Gasteiger partial charge in [-0.3, -0.25) is 9.78 Å². The van der Waals surface area contributed by atoms with E-state index in [1.165, 1.54) is 5.56 Å². The van der Waals surface area contributed by atoms with E-state index in [9.17, 15) is 4.79 Å². The molecule has 0 unspecified atom stereocenters. The first kappa shape index (κ1) is 23.5. The molecule has 6 heteroatoms. The maximum absolute atomic E-state index is 12.2. The van der Waals surface area contributed by atoms with E-state index in [0.717, 1.165) is 35.4 Å². The van der Waals surface area contributed by atoms with Crippen molar-refractivity contribution >= 4 is 16.9 Å². The van der Waals surface area contributed by atoms with Crippen LogP contribution < -0.4 is 10.1 Å². The maximum Gasteiger partial charge on any atom is 0.252 e. The summed E-state index contributed by atoms with van der Waals surface area (Å²) in [7, 11) is 0. The van der Waals surface area contributed by atoms with Crippen LogP contribution in [0.25, 0.3) is 11.0 Å². The van der Waals surface area contributed by atoms with E-state index in [0.29, 0.717) is 25.3 Å². The number of hydrogen-bond acceptors (Lipinski definition) is 4. The molecule has 0 aliphatic rings. The highest BCUT2D eigenvalue weighted by molar-refractivity contribution is 5.93. The van der Waals surface area contributed by atoms with Gasteiger partial charge < -0.3 is 14.6 Å². The van der Waals surface area contributed by atoms with Crippen molar-refractivity contribution in [2.45, 2.75) is 45.6 Å². The minimum atomic E-state index is -0.104. The zero-order valence-electron chi connectivity index (χ0n) is 20.1. The van der Waals surface area contributed by atoms with Gasteiger partial charge in [0.15, 0.2) is 0 Å². The molecule has 2 heterocycles. The molecule has 0 fully saturated rings. The topological polar surface area (TPSA) is 69.0 Å². The van der Waals surface area contributed by atoms with Crippen LogP contribution in [0.1, 0.15) is 48.9 Å². The van der Waals surface area contributed by atoms with Crippen LogP contribution in [0.4, 0.5) is 0 Å². The van der Waals surface area contributed by atoms with Gasteiger partial charge in [0.1, 0.15) is 18.2 Å². The number of pyridine rings is 1. The average molecular weight is 457 g/mol. The van der Waals surface area contributed by atoms with Gasteiger partial charge in [0.25, 0.3) is 5.91 Å². The number of nitrogens with zero attached hydrogens (tertiary/aromatic N) is 3. The van der Waals surface area contributed by atoms with Gasteiger partial charge in [-0.25, -0.2) is 4.98 Å². The number of carbonyl (C=O) groups excluding carboxylic acids is 1. The van der Waals surface area contributed by atoms with Crippen LogP contribution in [0, 0.1) is 0 Å². The summed E-state index contributed by atoms with van der Waals surface area (Å²) >= 11 is 0. The third-order valence-corrected chi connectivity index (χ3v) is 5.82. The molecule has 0 aliphatic carbocycles. The van der Waals surface area contributed by atoms with Crippen LogP contribution in [0.5, 0.6) is 5.75 Å².